The van der Waals surface area contributed by atoms with Crippen LogP contribution in [-0.4, -0.2) is 56.3 Å². The number of hydrogen-bond acceptors (Lipinski definition) is 9. The Kier molecular flexibility index (Phi) is 6.24. The van der Waals surface area contributed by atoms with Crippen LogP contribution in [0, 0.1) is 5.82 Å². The summed E-state index contributed by atoms with van der Waals surface area (Å²) in [6.07, 6.45) is 0. The smallest absolute Gasteiger partial charge is 0.259 e. The van der Waals surface area contributed by atoms with E-state index in [0.717, 1.165) is 11.8 Å². The Morgan fingerprint density at radius 2 is 2.00 bits per heavy atom. The lowest BCUT2D eigenvalue weighted by Gasteiger charge is -2.06. The van der Waals surface area contributed by atoms with Crippen LogP contribution in [0.25, 0.3) is 5.78 Å². The van der Waals surface area contributed by atoms with Crippen molar-refractivity contribution in [1.82, 2.24) is 24.6 Å². The van der Waals surface area contributed by atoms with Crippen molar-refractivity contribution in [1.29, 1.82) is 0 Å². The molecule has 0 atom stereocenters. The fraction of sp³-hybridized carbons (Fsp3) is 0.353. The standard InChI is InChI=1S/C17H20FN7O2S/c1-4-19-14-21-15(20-5-2)25-16(22-14)23-17(24-25)28-9-13(26)11-7-6-10(27-3)8-12(11)18/h6-8H,4-5,9H2,1-3H3,(H2,19,20,21,22,23,24). The van der Waals surface area contributed by atoms with E-state index >= 15 is 0 Å². The fourth-order valence-electron chi connectivity index (χ4n) is 2.39. The summed E-state index contributed by atoms with van der Waals surface area (Å²) in [7, 11) is 1.44. The van der Waals surface area contributed by atoms with Crippen LogP contribution in [0.2, 0.25) is 0 Å². The maximum atomic E-state index is 14.1. The molecular formula is C17H20FN7O2S. The second-order valence-electron chi connectivity index (χ2n) is 5.60. The van der Waals surface area contributed by atoms with Crippen LogP contribution in [0.4, 0.5) is 16.3 Å². The van der Waals surface area contributed by atoms with E-state index in [1.54, 1.807) is 6.07 Å². The Hall–Kier alpha value is -2.95. The predicted octanol–water partition coefficient (Wildman–Crippen LogP) is 2.51. The average molecular weight is 405 g/mol. The zero-order valence-corrected chi connectivity index (χ0v) is 16.5. The molecule has 0 unspecified atom stereocenters. The van der Waals surface area contributed by atoms with Gasteiger partial charge in [0.15, 0.2) is 5.78 Å². The summed E-state index contributed by atoms with van der Waals surface area (Å²) in [5, 5.41) is 10.8. The number of benzene rings is 1. The van der Waals surface area contributed by atoms with Crippen LogP contribution in [-0.2, 0) is 0 Å². The van der Waals surface area contributed by atoms with Crippen molar-refractivity contribution < 1.29 is 13.9 Å². The van der Waals surface area contributed by atoms with E-state index in [2.05, 4.69) is 30.7 Å². The number of thioether (sulfide) groups is 1. The van der Waals surface area contributed by atoms with Gasteiger partial charge in [-0.1, -0.05) is 11.8 Å². The molecule has 11 heteroatoms. The number of hydrogen-bond donors (Lipinski definition) is 2. The molecule has 3 aromatic rings. The normalized spacial score (nSPS) is 10.9. The van der Waals surface area contributed by atoms with Gasteiger partial charge in [0.2, 0.25) is 17.1 Å². The molecule has 0 aliphatic carbocycles. The van der Waals surface area contributed by atoms with E-state index in [1.165, 1.54) is 23.8 Å². The third-order valence-electron chi connectivity index (χ3n) is 3.67. The van der Waals surface area contributed by atoms with Crippen molar-refractivity contribution >= 4 is 35.2 Å². The van der Waals surface area contributed by atoms with Crippen LogP contribution < -0.4 is 15.4 Å². The maximum Gasteiger partial charge on any atom is 0.259 e. The molecule has 0 bridgehead atoms. The third-order valence-corrected chi connectivity index (χ3v) is 4.51. The number of Topliss-reactive ketones (excluding diaryl/α,β-unsaturated/α-hetero) is 1. The van der Waals surface area contributed by atoms with Crippen molar-refractivity contribution in [2.45, 2.75) is 19.0 Å². The molecule has 2 N–H and O–H groups in total. The number of ether oxygens (including phenoxy) is 1. The molecule has 9 nitrogen and oxygen atoms in total. The summed E-state index contributed by atoms with van der Waals surface area (Å²) in [5.41, 5.74) is -0.000346. The predicted molar refractivity (Wildman–Crippen MR) is 105 cm³/mol. The van der Waals surface area contributed by atoms with E-state index in [-0.39, 0.29) is 17.1 Å². The molecule has 0 amide bonds. The van der Waals surface area contributed by atoms with Gasteiger partial charge in [0, 0.05) is 19.2 Å². The first-order valence-electron chi connectivity index (χ1n) is 8.67. The molecule has 0 fully saturated rings. The van der Waals surface area contributed by atoms with E-state index in [1.807, 2.05) is 13.8 Å². The molecule has 1 aromatic carbocycles. The first kappa shape index (κ1) is 19.8. The summed E-state index contributed by atoms with van der Waals surface area (Å²) in [5.74, 6) is 0.645. The van der Waals surface area contributed by atoms with Crippen LogP contribution in [0.5, 0.6) is 5.75 Å². The zero-order valence-electron chi connectivity index (χ0n) is 15.7. The molecule has 0 saturated heterocycles. The number of rotatable bonds is 9. The first-order chi connectivity index (χ1) is 13.5. The van der Waals surface area contributed by atoms with Crippen LogP contribution in [0.15, 0.2) is 23.4 Å². The molecule has 148 valence electrons. The molecule has 2 heterocycles. The number of aromatic nitrogens is 5. The number of carbonyl (C=O) groups is 1. The van der Waals surface area contributed by atoms with Gasteiger partial charge in [0.05, 0.1) is 18.4 Å². The number of methoxy groups -OCH3 is 1. The number of fused-ring (bicyclic) bond motifs is 1. The van der Waals surface area contributed by atoms with E-state index in [0.29, 0.717) is 41.7 Å². The number of nitrogens with one attached hydrogen (secondary N) is 2. The minimum absolute atomic E-state index is 0.000346. The van der Waals surface area contributed by atoms with Gasteiger partial charge in [-0.25, -0.2) is 4.39 Å². The second-order valence-corrected chi connectivity index (χ2v) is 6.54. The lowest BCUT2D eigenvalue weighted by molar-refractivity contribution is 0.101. The van der Waals surface area contributed by atoms with Gasteiger partial charge in [-0.15, -0.1) is 5.10 Å². The lowest BCUT2D eigenvalue weighted by Crippen LogP contribution is -2.11. The van der Waals surface area contributed by atoms with Crippen molar-refractivity contribution in [2.24, 2.45) is 0 Å². The Bertz CT molecular complexity index is 995. The highest BCUT2D eigenvalue weighted by atomic mass is 32.2. The quantitative estimate of drug-likeness (QED) is 0.410. The number of anilines is 2. The van der Waals surface area contributed by atoms with Gasteiger partial charge >= 0.3 is 0 Å². The van der Waals surface area contributed by atoms with Crippen molar-refractivity contribution in [3.05, 3.63) is 29.6 Å². The molecule has 2 aromatic heterocycles. The van der Waals surface area contributed by atoms with Crippen molar-refractivity contribution in [3.8, 4) is 5.75 Å². The van der Waals surface area contributed by atoms with Gasteiger partial charge in [0.25, 0.3) is 5.78 Å². The Morgan fingerprint density at radius 1 is 1.21 bits per heavy atom. The highest BCUT2D eigenvalue weighted by molar-refractivity contribution is 7.99. The average Bonchev–Trinajstić information content (AvgIpc) is 3.09. The third kappa shape index (κ3) is 4.30. The molecule has 0 aliphatic heterocycles. The van der Waals surface area contributed by atoms with Gasteiger partial charge < -0.3 is 15.4 Å². The van der Waals surface area contributed by atoms with E-state index in [4.69, 9.17) is 4.74 Å². The zero-order chi connectivity index (χ0) is 20.1. The highest BCUT2D eigenvalue weighted by Gasteiger charge is 2.16. The van der Waals surface area contributed by atoms with Crippen LogP contribution >= 0.6 is 11.8 Å². The molecule has 0 aliphatic rings. The number of carbonyl (C=O) groups excluding carboxylic acids is 1. The summed E-state index contributed by atoms with van der Waals surface area (Å²) >= 11 is 1.11. The summed E-state index contributed by atoms with van der Waals surface area (Å²) in [6, 6.07) is 4.14. The molecule has 0 radical (unpaired) electrons. The van der Waals surface area contributed by atoms with E-state index < -0.39 is 5.82 Å². The largest absolute Gasteiger partial charge is 0.497 e. The molecule has 28 heavy (non-hydrogen) atoms. The van der Waals surface area contributed by atoms with Crippen LogP contribution in [0.1, 0.15) is 24.2 Å². The number of halogens is 1. The Balaban J connectivity index is 1.78. The Morgan fingerprint density at radius 3 is 2.68 bits per heavy atom. The number of ketones is 1. The highest BCUT2D eigenvalue weighted by Crippen LogP contribution is 2.21. The summed E-state index contributed by atoms with van der Waals surface area (Å²) in [6.45, 7) is 5.19. The first-order valence-corrected chi connectivity index (χ1v) is 9.66. The fourth-order valence-corrected chi connectivity index (χ4v) is 3.10. The van der Waals surface area contributed by atoms with Gasteiger partial charge in [0.1, 0.15) is 11.6 Å². The van der Waals surface area contributed by atoms with Crippen molar-refractivity contribution in [2.75, 3.05) is 36.6 Å². The van der Waals surface area contributed by atoms with Crippen molar-refractivity contribution in [3.63, 3.8) is 0 Å². The molecule has 0 spiro atoms. The monoisotopic (exact) mass is 405 g/mol. The molecule has 0 saturated carbocycles. The number of nitrogens with zero attached hydrogens (tertiary/aromatic N) is 5. The minimum atomic E-state index is -0.622. The SMILES string of the molecule is CCNc1nc(NCC)n2nc(SCC(=O)c3ccc(OC)cc3F)nc2n1. The van der Waals surface area contributed by atoms with E-state index in [9.17, 15) is 9.18 Å². The molecule has 3 rings (SSSR count). The molecular weight excluding hydrogens is 385 g/mol. The van der Waals surface area contributed by atoms with Gasteiger partial charge in [-0.2, -0.15) is 19.5 Å². The van der Waals surface area contributed by atoms with Gasteiger partial charge in [-0.3, -0.25) is 4.79 Å². The lowest BCUT2D eigenvalue weighted by atomic mass is 10.1. The topological polar surface area (TPSA) is 106 Å². The second kappa shape index (κ2) is 8.83. The maximum absolute atomic E-state index is 14.1. The van der Waals surface area contributed by atoms with Crippen LogP contribution in [0.3, 0.4) is 0 Å². The summed E-state index contributed by atoms with van der Waals surface area (Å²) in [4.78, 5) is 25.3. The Labute approximate surface area is 165 Å². The minimum Gasteiger partial charge on any atom is -0.497 e. The summed E-state index contributed by atoms with van der Waals surface area (Å²) < 4.78 is 20.5. The van der Waals surface area contributed by atoms with Gasteiger partial charge in [-0.05, 0) is 26.0 Å².